The molecule has 2 aromatic carbocycles. The maximum atomic E-state index is 6.03. The fraction of sp³-hybridized carbons (Fsp3) is 0.333. The molecular formula is C18H22ClNO. The lowest BCUT2D eigenvalue weighted by Gasteiger charge is -2.20. The number of hydrogen-bond acceptors (Lipinski definition) is 2. The molecule has 0 bridgehead atoms. The van der Waals surface area contributed by atoms with Crippen LogP contribution in [0.1, 0.15) is 38.3 Å². The Bertz CT molecular complexity index is 553. The Balaban J connectivity index is 2.21. The van der Waals surface area contributed by atoms with E-state index in [4.69, 9.17) is 16.3 Å². The first-order chi connectivity index (χ1) is 10.2. The second-order valence-electron chi connectivity index (χ2n) is 5.01. The van der Waals surface area contributed by atoms with Crippen LogP contribution in [0.4, 0.5) is 0 Å². The molecule has 0 heterocycles. The van der Waals surface area contributed by atoms with Gasteiger partial charge in [-0.2, -0.15) is 0 Å². The smallest absolute Gasteiger partial charge is 0.132 e. The molecule has 0 saturated heterocycles. The minimum Gasteiger partial charge on any atom is -0.457 e. The van der Waals surface area contributed by atoms with Crippen LogP contribution in [-0.4, -0.2) is 6.54 Å². The van der Waals surface area contributed by atoms with Gasteiger partial charge in [-0.05, 0) is 49.7 Å². The number of halogens is 1. The second kappa shape index (κ2) is 8.06. The van der Waals surface area contributed by atoms with Crippen molar-refractivity contribution in [2.45, 2.75) is 32.7 Å². The van der Waals surface area contributed by atoms with Gasteiger partial charge in [-0.3, -0.25) is 0 Å². The van der Waals surface area contributed by atoms with E-state index in [0.29, 0.717) is 11.1 Å². The summed E-state index contributed by atoms with van der Waals surface area (Å²) in [6, 6.07) is 16.0. The summed E-state index contributed by atoms with van der Waals surface area (Å²) in [5, 5.41) is 4.28. The van der Waals surface area contributed by atoms with Crippen molar-refractivity contribution in [3.8, 4) is 11.5 Å². The Labute approximate surface area is 132 Å². The van der Waals surface area contributed by atoms with Crippen molar-refractivity contribution in [2.24, 2.45) is 0 Å². The molecule has 0 radical (unpaired) electrons. The van der Waals surface area contributed by atoms with Gasteiger partial charge in [-0.15, -0.1) is 0 Å². The van der Waals surface area contributed by atoms with Crippen molar-refractivity contribution < 1.29 is 4.74 Å². The average Bonchev–Trinajstić information content (AvgIpc) is 2.52. The Morgan fingerprint density at radius 1 is 1.05 bits per heavy atom. The quantitative estimate of drug-likeness (QED) is 0.720. The summed E-state index contributed by atoms with van der Waals surface area (Å²) in [5.74, 6) is 1.70. The maximum absolute atomic E-state index is 6.03. The lowest BCUT2D eigenvalue weighted by molar-refractivity contribution is 0.449. The molecule has 2 aromatic rings. The zero-order valence-corrected chi connectivity index (χ0v) is 13.4. The first-order valence-corrected chi connectivity index (χ1v) is 7.88. The number of nitrogens with one attached hydrogen (secondary N) is 1. The van der Waals surface area contributed by atoms with Crippen molar-refractivity contribution in [2.75, 3.05) is 6.54 Å². The summed E-state index contributed by atoms with van der Waals surface area (Å²) < 4.78 is 6.03. The maximum Gasteiger partial charge on any atom is 0.132 e. The van der Waals surface area contributed by atoms with Crippen LogP contribution in [0.25, 0.3) is 0 Å². The van der Waals surface area contributed by atoms with Crippen LogP contribution in [0.15, 0.2) is 48.5 Å². The van der Waals surface area contributed by atoms with Crippen LogP contribution < -0.4 is 10.1 Å². The molecule has 112 valence electrons. The number of benzene rings is 2. The summed E-state index contributed by atoms with van der Waals surface area (Å²) >= 11 is 5.91. The largest absolute Gasteiger partial charge is 0.457 e. The first-order valence-electron chi connectivity index (χ1n) is 7.50. The van der Waals surface area contributed by atoms with Crippen molar-refractivity contribution in [3.63, 3.8) is 0 Å². The Kier molecular flexibility index (Phi) is 6.09. The van der Waals surface area contributed by atoms with Crippen LogP contribution in [0.2, 0.25) is 5.02 Å². The second-order valence-corrected chi connectivity index (χ2v) is 5.45. The molecule has 0 aliphatic carbocycles. The zero-order chi connectivity index (χ0) is 15.1. The molecule has 0 aliphatic rings. The topological polar surface area (TPSA) is 21.3 Å². The molecule has 0 saturated carbocycles. The molecule has 0 fully saturated rings. The highest BCUT2D eigenvalue weighted by molar-refractivity contribution is 6.30. The minimum atomic E-state index is 0.313. The van der Waals surface area contributed by atoms with Gasteiger partial charge >= 0.3 is 0 Å². The van der Waals surface area contributed by atoms with Crippen LogP contribution in [-0.2, 0) is 0 Å². The van der Waals surface area contributed by atoms with E-state index in [9.17, 15) is 0 Å². The summed E-state index contributed by atoms with van der Waals surface area (Å²) in [5.41, 5.74) is 1.20. The van der Waals surface area contributed by atoms with Crippen molar-refractivity contribution in [1.29, 1.82) is 0 Å². The van der Waals surface area contributed by atoms with Crippen LogP contribution in [0.3, 0.4) is 0 Å². The van der Waals surface area contributed by atoms with Crippen molar-refractivity contribution in [1.82, 2.24) is 5.32 Å². The first kappa shape index (κ1) is 15.9. The third-order valence-electron chi connectivity index (χ3n) is 3.38. The highest BCUT2D eigenvalue weighted by Crippen LogP contribution is 2.31. The fourth-order valence-electron chi connectivity index (χ4n) is 2.28. The van der Waals surface area contributed by atoms with Crippen LogP contribution >= 0.6 is 11.6 Å². The van der Waals surface area contributed by atoms with Gasteiger partial charge in [-0.25, -0.2) is 0 Å². The highest BCUT2D eigenvalue weighted by atomic mass is 35.5. The molecule has 0 spiro atoms. The van der Waals surface area contributed by atoms with E-state index in [1.807, 2.05) is 36.4 Å². The van der Waals surface area contributed by atoms with E-state index in [1.54, 1.807) is 0 Å². The summed E-state index contributed by atoms with van der Waals surface area (Å²) in [6.07, 6.45) is 2.15. The predicted molar refractivity (Wildman–Crippen MR) is 89.3 cm³/mol. The van der Waals surface area contributed by atoms with Gasteiger partial charge in [0.25, 0.3) is 0 Å². The van der Waals surface area contributed by atoms with Gasteiger partial charge in [0.1, 0.15) is 11.5 Å². The molecule has 2 nitrogen and oxygen atoms in total. The SMILES string of the molecule is CCCNC(CC)c1ccccc1Oc1ccc(Cl)cc1. The normalized spacial score (nSPS) is 12.1. The Morgan fingerprint density at radius 3 is 2.43 bits per heavy atom. The zero-order valence-electron chi connectivity index (χ0n) is 12.6. The van der Waals surface area contributed by atoms with E-state index in [0.717, 1.165) is 30.9 Å². The summed E-state index contributed by atoms with van der Waals surface area (Å²) in [7, 11) is 0. The molecule has 2 rings (SSSR count). The van der Waals surface area contributed by atoms with Crippen LogP contribution in [0, 0.1) is 0 Å². The van der Waals surface area contributed by atoms with Gasteiger partial charge in [0.15, 0.2) is 0 Å². The number of hydrogen-bond donors (Lipinski definition) is 1. The monoisotopic (exact) mass is 303 g/mol. The van der Waals surface area contributed by atoms with Gasteiger partial charge in [0.2, 0.25) is 0 Å². The van der Waals surface area contributed by atoms with E-state index < -0.39 is 0 Å². The predicted octanol–water partition coefficient (Wildman–Crippen LogP) is 5.58. The van der Waals surface area contributed by atoms with Gasteiger partial charge in [-0.1, -0.05) is 43.6 Å². The molecule has 21 heavy (non-hydrogen) atoms. The third-order valence-corrected chi connectivity index (χ3v) is 3.64. The minimum absolute atomic E-state index is 0.313. The molecule has 3 heteroatoms. The van der Waals surface area contributed by atoms with E-state index in [-0.39, 0.29) is 0 Å². The van der Waals surface area contributed by atoms with E-state index >= 15 is 0 Å². The molecule has 1 atom stereocenters. The van der Waals surface area contributed by atoms with Gasteiger partial charge in [0.05, 0.1) is 0 Å². The van der Waals surface area contributed by atoms with Crippen molar-refractivity contribution >= 4 is 11.6 Å². The molecule has 1 N–H and O–H groups in total. The summed E-state index contributed by atoms with van der Waals surface area (Å²) in [4.78, 5) is 0. The average molecular weight is 304 g/mol. The van der Waals surface area contributed by atoms with Crippen LogP contribution in [0.5, 0.6) is 11.5 Å². The number of para-hydroxylation sites is 1. The number of rotatable bonds is 7. The summed E-state index contributed by atoms with van der Waals surface area (Å²) in [6.45, 7) is 5.37. The van der Waals surface area contributed by atoms with Gasteiger partial charge in [0, 0.05) is 16.6 Å². The van der Waals surface area contributed by atoms with E-state index in [1.165, 1.54) is 5.56 Å². The lowest BCUT2D eigenvalue weighted by atomic mass is 10.0. The third kappa shape index (κ3) is 4.48. The molecule has 0 aliphatic heterocycles. The standard InChI is InChI=1S/C18H22ClNO/c1-3-13-20-17(4-2)16-7-5-6-8-18(16)21-15-11-9-14(19)10-12-15/h5-12,17,20H,3-4,13H2,1-2H3. The number of ether oxygens (including phenoxy) is 1. The highest BCUT2D eigenvalue weighted by Gasteiger charge is 2.13. The van der Waals surface area contributed by atoms with E-state index in [2.05, 4.69) is 31.3 Å². The fourth-order valence-corrected chi connectivity index (χ4v) is 2.41. The molecule has 1 unspecified atom stereocenters. The lowest BCUT2D eigenvalue weighted by Crippen LogP contribution is -2.21. The molecular weight excluding hydrogens is 282 g/mol. The molecule has 0 amide bonds. The Morgan fingerprint density at radius 2 is 1.76 bits per heavy atom. The Hall–Kier alpha value is -1.51. The van der Waals surface area contributed by atoms with Crippen molar-refractivity contribution in [3.05, 3.63) is 59.1 Å². The molecule has 0 aromatic heterocycles. The van der Waals surface area contributed by atoms with Gasteiger partial charge < -0.3 is 10.1 Å².